The van der Waals surface area contributed by atoms with Crippen molar-refractivity contribution >= 4 is 0 Å². The second-order valence-electron chi connectivity index (χ2n) is 4.77. The van der Waals surface area contributed by atoms with Gasteiger partial charge in [-0.3, -0.25) is 4.98 Å². The average Bonchev–Trinajstić information content (AvgIpc) is 2.47. The quantitative estimate of drug-likeness (QED) is 0.632. The molecule has 4 heteroatoms. The number of aromatic nitrogens is 1. The Bertz CT molecular complexity index is 337. The summed E-state index contributed by atoms with van der Waals surface area (Å²) in [6, 6.07) is 4.04. The number of nitrogens with one attached hydrogen (secondary N) is 1. The highest BCUT2D eigenvalue weighted by Gasteiger charge is 1.99. The van der Waals surface area contributed by atoms with E-state index in [4.69, 9.17) is 5.73 Å². The third kappa shape index (κ3) is 6.66. The Kier molecular flexibility index (Phi) is 8.38. The molecule has 0 saturated carbocycles. The first kappa shape index (κ1) is 16.1. The Morgan fingerprint density at radius 2 is 2.05 bits per heavy atom. The van der Waals surface area contributed by atoms with Crippen molar-refractivity contribution in [1.82, 2.24) is 15.2 Å². The molecule has 19 heavy (non-hydrogen) atoms. The van der Waals surface area contributed by atoms with Gasteiger partial charge in [-0.2, -0.15) is 0 Å². The maximum absolute atomic E-state index is 5.61. The molecule has 108 valence electrons. The van der Waals surface area contributed by atoms with Crippen LogP contribution in [0.4, 0.5) is 0 Å². The van der Waals surface area contributed by atoms with Gasteiger partial charge in [0.1, 0.15) is 0 Å². The number of hydrogen-bond donors (Lipinski definition) is 2. The Morgan fingerprint density at radius 3 is 2.74 bits per heavy atom. The van der Waals surface area contributed by atoms with Crippen LogP contribution in [0.25, 0.3) is 0 Å². The van der Waals surface area contributed by atoms with Crippen molar-refractivity contribution in [3.63, 3.8) is 0 Å². The SMILES string of the molecule is CCN(CC)CCCCNCc1cc(CN)ccn1. The smallest absolute Gasteiger partial charge is 0.0544 e. The summed E-state index contributed by atoms with van der Waals surface area (Å²) in [7, 11) is 0. The molecule has 4 nitrogen and oxygen atoms in total. The summed E-state index contributed by atoms with van der Waals surface area (Å²) in [5, 5.41) is 3.44. The number of nitrogens with zero attached hydrogens (tertiary/aromatic N) is 2. The number of unbranched alkanes of at least 4 members (excludes halogenated alkanes) is 1. The largest absolute Gasteiger partial charge is 0.326 e. The molecule has 0 radical (unpaired) electrons. The highest BCUT2D eigenvalue weighted by Crippen LogP contribution is 2.00. The molecule has 1 rings (SSSR count). The molecular formula is C15H28N4. The molecule has 0 saturated heterocycles. The molecule has 0 spiro atoms. The van der Waals surface area contributed by atoms with Crippen LogP contribution < -0.4 is 11.1 Å². The van der Waals surface area contributed by atoms with Gasteiger partial charge in [0, 0.05) is 19.3 Å². The first-order valence-electron chi connectivity index (χ1n) is 7.37. The molecule has 0 aliphatic rings. The third-order valence-corrected chi connectivity index (χ3v) is 3.40. The van der Waals surface area contributed by atoms with Gasteiger partial charge in [-0.05, 0) is 56.7 Å². The Labute approximate surface area is 117 Å². The van der Waals surface area contributed by atoms with Crippen molar-refractivity contribution < 1.29 is 0 Å². The van der Waals surface area contributed by atoms with Crippen molar-refractivity contribution in [1.29, 1.82) is 0 Å². The predicted molar refractivity (Wildman–Crippen MR) is 80.9 cm³/mol. The molecule has 0 bridgehead atoms. The lowest BCUT2D eigenvalue weighted by Crippen LogP contribution is -2.25. The van der Waals surface area contributed by atoms with E-state index in [1.54, 1.807) is 0 Å². The predicted octanol–water partition coefficient (Wildman–Crippen LogP) is 1.75. The summed E-state index contributed by atoms with van der Waals surface area (Å²) in [4.78, 5) is 6.80. The molecule has 1 aromatic rings. The lowest BCUT2D eigenvalue weighted by molar-refractivity contribution is 0.296. The fourth-order valence-electron chi connectivity index (χ4n) is 2.09. The van der Waals surface area contributed by atoms with E-state index in [9.17, 15) is 0 Å². The minimum atomic E-state index is 0.583. The van der Waals surface area contributed by atoms with E-state index in [1.807, 2.05) is 12.3 Å². The van der Waals surface area contributed by atoms with Crippen LogP contribution in [0.5, 0.6) is 0 Å². The summed E-state index contributed by atoms with van der Waals surface area (Å²) in [6.07, 6.45) is 4.30. The molecule has 0 aliphatic carbocycles. The molecule has 0 fully saturated rings. The molecule has 0 aromatic carbocycles. The van der Waals surface area contributed by atoms with Crippen LogP contribution in [0.1, 0.15) is 37.9 Å². The third-order valence-electron chi connectivity index (χ3n) is 3.40. The van der Waals surface area contributed by atoms with Gasteiger partial charge in [-0.15, -0.1) is 0 Å². The van der Waals surface area contributed by atoms with E-state index in [2.05, 4.69) is 35.1 Å². The van der Waals surface area contributed by atoms with E-state index in [1.165, 1.54) is 19.4 Å². The van der Waals surface area contributed by atoms with Gasteiger partial charge in [0.15, 0.2) is 0 Å². The van der Waals surface area contributed by atoms with Gasteiger partial charge in [-0.25, -0.2) is 0 Å². The van der Waals surface area contributed by atoms with Crippen molar-refractivity contribution in [3.8, 4) is 0 Å². The normalized spacial score (nSPS) is 11.2. The zero-order chi connectivity index (χ0) is 13.9. The molecule has 0 amide bonds. The number of rotatable bonds is 10. The van der Waals surface area contributed by atoms with Crippen molar-refractivity contribution in [2.75, 3.05) is 26.2 Å². The molecule has 0 aliphatic heterocycles. The molecule has 0 atom stereocenters. The summed E-state index contributed by atoms with van der Waals surface area (Å²) in [6.45, 7) is 10.4. The topological polar surface area (TPSA) is 54.2 Å². The number of pyridine rings is 1. The minimum absolute atomic E-state index is 0.583. The fourth-order valence-corrected chi connectivity index (χ4v) is 2.09. The molecular weight excluding hydrogens is 236 g/mol. The van der Waals surface area contributed by atoms with Crippen LogP contribution in [0.3, 0.4) is 0 Å². The van der Waals surface area contributed by atoms with E-state index in [0.717, 1.165) is 37.4 Å². The van der Waals surface area contributed by atoms with Gasteiger partial charge in [-0.1, -0.05) is 13.8 Å². The van der Waals surface area contributed by atoms with Crippen LogP contribution in [0, 0.1) is 0 Å². The van der Waals surface area contributed by atoms with Crippen LogP contribution in [0.2, 0.25) is 0 Å². The zero-order valence-electron chi connectivity index (χ0n) is 12.4. The highest BCUT2D eigenvalue weighted by molar-refractivity contribution is 5.15. The Balaban J connectivity index is 2.10. The lowest BCUT2D eigenvalue weighted by Gasteiger charge is -2.17. The Morgan fingerprint density at radius 1 is 1.26 bits per heavy atom. The first-order chi connectivity index (χ1) is 9.30. The van der Waals surface area contributed by atoms with E-state index in [-0.39, 0.29) is 0 Å². The highest BCUT2D eigenvalue weighted by atomic mass is 15.1. The monoisotopic (exact) mass is 264 g/mol. The molecule has 0 unspecified atom stereocenters. The van der Waals surface area contributed by atoms with E-state index in [0.29, 0.717) is 6.54 Å². The Hall–Kier alpha value is -0.970. The molecule has 1 heterocycles. The molecule has 1 aromatic heterocycles. The summed E-state index contributed by atoms with van der Waals surface area (Å²) >= 11 is 0. The van der Waals surface area contributed by atoms with Crippen LogP contribution in [-0.2, 0) is 13.1 Å². The second kappa shape index (κ2) is 9.89. The summed E-state index contributed by atoms with van der Waals surface area (Å²) in [5.41, 5.74) is 7.84. The van der Waals surface area contributed by atoms with Gasteiger partial charge in [0.05, 0.1) is 5.69 Å². The number of nitrogens with two attached hydrogens (primary N) is 1. The standard InChI is InChI=1S/C15H28N4/c1-3-19(4-2)10-6-5-8-17-13-15-11-14(12-16)7-9-18-15/h7,9,11,17H,3-6,8,10,12-13,16H2,1-2H3. The lowest BCUT2D eigenvalue weighted by atomic mass is 10.2. The maximum Gasteiger partial charge on any atom is 0.0544 e. The van der Waals surface area contributed by atoms with Gasteiger partial charge in [0.25, 0.3) is 0 Å². The van der Waals surface area contributed by atoms with Gasteiger partial charge in [0.2, 0.25) is 0 Å². The van der Waals surface area contributed by atoms with Crippen molar-refractivity contribution in [3.05, 3.63) is 29.6 Å². The average molecular weight is 264 g/mol. The van der Waals surface area contributed by atoms with Gasteiger partial charge >= 0.3 is 0 Å². The zero-order valence-corrected chi connectivity index (χ0v) is 12.4. The van der Waals surface area contributed by atoms with Crippen LogP contribution in [0.15, 0.2) is 18.3 Å². The summed E-state index contributed by atoms with van der Waals surface area (Å²) < 4.78 is 0. The van der Waals surface area contributed by atoms with E-state index < -0.39 is 0 Å². The first-order valence-corrected chi connectivity index (χ1v) is 7.37. The van der Waals surface area contributed by atoms with Gasteiger partial charge < -0.3 is 16.0 Å². The van der Waals surface area contributed by atoms with Crippen LogP contribution in [-0.4, -0.2) is 36.1 Å². The summed E-state index contributed by atoms with van der Waals surface area (Å²) in [5.74, 6) is 0. The fraction of sp³-hybridized carbons (Fsp3) is 0.667. The van der Waals surface area contributed by atoms with Crippen molar-refractivity contribution in [2.24, 2.45) is 5.73 Å². The maximum atomic E-state index is 5.61. The minimum Gasteiger partial charge on any atom is -0.326 e. The van der Waals surface area contributed by atoms with E-state index >= 15 is 0 Å². The molecule has 3 N–H and O–H groups in total. The van der Waals surface area contributed by atoms with Crippen molar-refractivity contribution in [2.45, 2.75) is 39.8 Å². The van der Waals surface area contributed by atoms with Crippen LogP contribution >= 0.6 is 0 Å². The second-order valence-corrected chi connectivity index (χ2v) is 4.77. The number of hydrogen-bond acceptors (Lipinski definition) is 4.